The summed E-state index contributed by atoms with van der Waals surface area (Å²) in [6, 6.07) is 5.73. The van der Waals surface area contributed by atoms with Crippen LogP contribution in [0.1, 0.15) is 65.9 Å². The fraction of sp³-hybridized carbons (Fsp3) is 0.519. The summed E-state index contributed by atoms with van der Waals surface area (Å²) in [7, 11) is 1.57. The quantitative estimate of drug-likeness (QED) is 0.594. The standard InChI is InChI=1S/C27H31N5O5/c1-36-27-28-11-17(12-29-27)18-13-31(14-18)21-4-2-3-5-23(21)37-19-6-7-20-16(10-19)15-32(26(20)35)22-8-9-24(33)30-25(22)34/h6-7,10-12,18,21-23H,2-5,8-9,13-15H2,1H3,(H,30,33,34)/t21-,22?,23+/m1/s1. The average molecular weight is 506 g/mol. The van der Waals surface area contributed by atoms with Crippen LogP contribution in [0.4, 0.5) is 0 Å². The number of hydrogen-bond acceptors (Lipinski definition) is 8. The molecule has 10 heteroatoms. The lowest BCUT2D eigenvalue weighted by molar-refractivity contribution is -0.136. The zero-order chi connectivity index (χ0) is 25.5. The second-order valence-corrected chi connectivity index (χ2v) is 10.4. The summed E-state index contributed by atoms with van der Waals surface area (Å²) in [5, 5.41) is 2.35. The summed E-state index contributed by atoms with van der Waals surface area (Å²) in [4.78, 5) is 49.4. The topological polar surface area (TPSA) is 114 Å². The van der Waals surface area contributed by atoms with Crippen molar-refractivity contribution in [2.75, 3.05) is 20.2 Å². The van der Waals surface area contributed by atoms with Crippen LogP contribution in [0.2, 0.25) is 0 Å². The lowest BCUT2D eigenvalue weighted by atomic mass is 9.85. The fourth-order valence-corrected chi connectivity index (χ4v) is 6.07. The van der Waals surface area contributed by atoms with Crippen LogP contribution in [-0.2, 0) is 16.1 Å². The molecule has 37 heavy (non-hydrogen) atoms. The van der Waals surface area contributed by atoms with Crippen molar-refractivity contribution in [3.63, 3.8) is 0 Å². The molecular formula is C27H31N5O5. The Morgan fingerprint density at radius 2 is 1.81 bits per heavy atom. The molecule has 1 aromatic heterocycles. The third-order valence-corrected chi connectivity index (χ3v) is 8.13. The van der Waals surface area contributed by atoms with Gasteiger partial charge in [0.2, 0.25) is 11.8 Å². The van der Waals surface area contributed by atoms with Gasteiger partial charge in [0.05, 0.1) is 7.11 Å². The van der Waals surface area contributed by atoms with Crippen molar-refractivity contribution >= 4 is 17.7 Å². The Morgan fingerprint density at radius 3 is 2.57 bits per heavy atom. The number of nitrogens with zero attached hydrogens (tertiary/aromatic N) is 4. The molecule has 3 amide bonds. The number of hydrogen-bond donors (Lipinski definition) is 1. The van der Waals surface area contributed by atoms with E-state index in [4.69, 9.17) is 9.47 Å². The molecule has 0 radical (unpaired) electrons. The van der Waals surface area contributed by atoms with Crippen molar-refractivity contribution in [1.82, 2.24) is 25.1 Å². The number of methoxy groups -OCH3 is 1. The summed E-state index contributed by atoms with van der Waals surface area (Å²) in [5.74, 6) is 0.328. The first-order valence-electron chi connectivity index (χ1n) is 13.0. The first-order valence-corrected chi connectivity index (χ1v) is 13.0. The zero-order valence-corrected chi connectivity index (χ0v) is 20.9. The third kappa shape index (κ3) is 4.54. The number of amides is 3. The number of carbonyl (C=O) groups is 3. The Kier molecular flexibility index (Phi) is 6.27. The van der Waals surface area contributed by atoms with Crippen LogP contribution < -0.4 is 14.8 Å². The van der Waals surface area contributed by atoms with Crippen molar-refractivity contribution < 1.29 is 23.9 Å². The van der Waals surface area contributed by atoms with E-state index in [9.17, 15) is 14.4 Å². The van der Waals surface area contributed by atoms with Crippen molar-refractivity contribution in [3.05, 3.63) is 47.3 Å². The van der Waals surface area contributed by atoms with Crippen LogP contribution in [0.5, 0.6) is 11.8 Å². The molecule has 1 unspecified atom stereocenters. The normalized spacial score (nSPS) is 26.5. The van der Waals surface area contributed by atoms with Gasteiger partial charge in [-0.15, -0.1) is 0 Å². The van der Waals surface area contributed by atoms with Gasteiger partial charge < -0.3 is 14.4 Å². The molecule has 3 atom stereocenters. The predicted molar refractivity (Wildman–Crippen MR) is 132 cm³/mol. The summed E-state index contributed by atoms with van der Waals surface area (Å²) in [6.45, 7) is 2.27. The minimum absolute atomic E-state index is 0.0863. The number of fused-ring (bicyclic) bond motifs is 1. The van der Waals surface area contributed by atoms with E-state index < -0.39 is 11.9 Å². The molecule has 1 saturated carbocycles. The van der Waals surface area contributed by atoms with Gasteiger partial charge in [-0.25, -0.2) is 9.97 Å². The van der Waals surface area contributed by atoms with Gasteiger partial charge >= 0.3 is 6.01 Å². The van der Waals surface area contributed by atoms with Crippen LogP contribution in [0.15, 0.2) is 30.6 Å². The van der Waals surface area contributed by atoms with Crippen molar-refractivity contribution in [1.29, 1.82) is 0 Å². The van der Waals surface area contributed by atoms with E-state index in [1.165, 1.54) is 6.42 Å². The minimum Gasteiger partial charge on any atom is -0.489 e. The highest BCUT2D eigenvalue weighted by Crippen LogP contribution is 2.36. The molecule has 1 N–H and O–H groups in total. The van der Waals surface area contributed by atoms with E-state index in [1.54, 1.807) is 18.1 Å². The Hall–Kier alpha value is -3.53. The Bertz CT molecular complexity index is 1210. The monoisotopic (exact) mass is 505 g/mol. The highest BCUT2D eigenvalue weighted by atomic mass is 16.5. The molecule has 2 aromatic rings. The molecule has 1 aromatic carbocycles. The Morgan fingerprint density at radius 1 is 1.03 bits per heavy atom. The zero-order valence-electron chi connectivity index (χ0n) is 20.9. The van der Waals surface area contributed by atoms with Crippen molar-refractivity contribution in [2.45, 2.75) is 69.2 Å². The first-order chi connectivity index (χ1) is 18.0. The number of ether oxygens (including phenoxy) is 2. The van der Waals surface area contributed by atoms with Gasteiger partial charge in [-0.3, -0.25) is 24.6 Å². The lowest BCUT2D eigenvalue weighted by Gasteiger charge is -2.48. The highest BCUT2D eigenvalue weighted by molar-refractivity contribution is 6.05. The fourth-order valence-electron chi connectivity index (χ4n) is 6.07. The van der Waals surface area contributed by atoms with Gasteiger partial charge in [-0.1, -0.05) is 6.42 Å². The van der Waals surface area contributed by atoms with Crippen molar-refractivity contribution in [3.8, 4) is 11.8 Å². The SMILES string of the molecule is COc1ncc(C2CN([C@@H]3CCCC[C@@H]3Oc3ccc4c(c3)CN(C3CCC(=O)NC3=O)C4=O)C2)cn1. The number of piperidine rings is 1. The maximum absolute atomic E-state index is 13.0. The van der Waals surface area contributed by atoms with E-state index in [0.717, 1.165) is 49.2 Å². The largest absolute Gasteiger partial charge is 0.489 e. The van der Waals surface area contributed by atoms with E-state index in [2.05, 4.69) is 20.2 Å². The van der Waals surface area contributed by atoms with Crippen LogP contribution >= 0.6 is 0 Å². The van der Waals surface area contributed by atoms with Crippen LogP contribution in [0, 0.1) is 0 Å². The molecule has 3 aliphatic heterocycles. The van der Waals surface area contributed by atoms with Gasteiger partial charge in [0.15, 0.2) is 0 Å². The summed E-state index contributed by atoms with van der Waals surface area (Å²) in [6.07, 6.45) is 8.82. The number of carbonyl (C=O) groups excluding carboxylic acids is 3. The summed E-state index contributed by atoms with van der Waals surface area (Å²) < 4.78 is 11.6. The van der Waals surface area contributed by atoms with Crippen LogP contribution in [0.3, 0.4) is 0 Å². The van der Waals surface area contributed by atoms with Crippen LogP contribution in [0.25, 0.3) is 0 Å². The molecule has 10 nitrogen and oxygen atoms in total. The molecule has 1 aliphatic carbocycles. The highest BCUT2D eigenvalue weighted by Gasteiger charge is 2.41. The van der Waals surface area contributed by atoms with E-state index in [1.807, 2.05) is 24.5 Å². The average Bonchev–Trinajstić information content (AvgIpc) is 3.20. The van der Waals surface area contributed by atoms with Crippen molar-refractivity contribution in [2.24, 2.45) is 0 Å². The molecular weight excluding hydrogens is 474 g/mol. The molecule has 0 spiro atoms. The van der Waals surface area contributed by atoms with Gasteiger partial charge in [0, 0.05) is 56.0 Å². The van der Waals surface area contributed by atoms with Gasteiger partial charge in [-0.05, 0) is 55.0 Å². The van der Waals surface area contributed by atoms with Gasteiger partial charge in [0.25, 0.3) is 5.91 Å². The smallest absolute Gasteiger partial charge is 0.316 e. The van der Waals surface area contributed by atoms with E-state index in [0.29, 0.717) is 36.5 Å². The molecule has 6 rings (SSSR count). The van der Waals surface area contributed by atoms with E-state index >= 15 is 0 Å². The molecule has 4 heterocycles. The molecule has 2 saturated heterocycles. The molecule has 0 bridgehead atoms. The number of nitrogens with one attached hydrogen (secondary N) is 1. The first kappa shape index (κ1) is 23.8. The number of likely N-dealkylation sites (tertiary alicyclic amines) is 1. The van der Waals surface area contributed by atoms with Gasteiger partial charge in [0.1, 0.15) is 17.9 Å². The molecule has 4 aliphatic rings. The summed E-state index contributed by atoms with van der Waals surface area (Å²) >= 11 is 0. The maximum atomic E-state index is 13.0. The third-order valence-electron chi connectivity index (χ3n) is 8.13. The molecule has 194 valence electrons. The number of rotatable bonds is 6. The number of aromatic nitrogens is 2. The predicted octanol–water partition coefficient (Wildman–Crippen LogP) is 2.04. The second-order valence-electron chi connectivity index (χ2n) is 10.4. The lowest BCUT2D eigenvalue weighted by Crippen LogP contribution is -2.57. The number of benzene rings is 1. The maximum Gasteiger partial charge on any atom is 0.316 e. The second kappa shape index (κ2) is 9.74. The number of imide groups is 1. The molecule has 3 fully saturated rings. The summed E-state index contributed by atoms with van der Waals surface area (Å²) in [5.41, 5.74) is 2.60. The van der Waals surface area contributed by atoms with Crippen LogP contribution in [-0.4, -0.2) is 75.9 Å². The Labute approximate surface area is 215 Å². The Balaban J connectivity index is 1.10. The van der Waals surface area contributed by atoms with Gasteiger partial charge in [-0.2, -0.15) is 0 Å². The minimum atomic E-state index is -0.611. The van der Waals surface area contributed by atoms with E-state index in [-0.39, 0.29) is 24.3 Å².